The molecule has 0 aromatic heterocycles. The molecule has 1 N–H and O–H groups in total. The van der Waals surface area contributed by atoms with Crippen molar-refractivity contribution in [3.05, 3.63) is 23.7 Å². The van der Waals surface area contributed by atoms with Crippen LogP contribution in [0, 0.1) is 0 Å². The predicted molar refractivity (Wildman–Crippen MR) is 29.9 cm³/mol. The molecule has 0 aromatic carbocycles. The van der Waals surface area contributed by atoms with E-state index in [1.807, 2.05) is 0 Å². The highest BCUT2D eigenvalue weighted by molar-refractivity contribution is 6.47. The van der Waals surface area contributed by atoms with Crippen LogP contribution in [-0.2, 0) is 9.59 Å². The Balaban J connectivity index is 3.11. The summed E-state index contributed by atoms with van der Waals surface area (Å²) < 4.78 is 12.2. The first-order chi connectivity index (χ1) is 4.63. The van der Waals surface area contributed by atoms with E-state index in [0.717, 1.165) is 12.2 Å². The normalized spacial score (nSPS) is 18.5. The Hall–Kier alpha value is -1.45. The van der Waals surface area contributed by atoms with Crippen LogP contribution < -0.4 is 0 Å². The minimum Gasteiger partial charge on any atom is -0.502 e. The maximum atomic E-state index is 12.2. The first-order valence-electron chi connectivity index (χ1n) is 2.48. The molecular formula is C6H3FO3. The van der Waals surface area contributed by atoms with Crippen LogP contribution in [0.4, 0.5) is 4.39 Å². The molecule has 0 spiro atoms. The second-order valence-electron chi connectivity index (χ2n) is 1.72. The van der Waals surface area contributed by atoms with Crippen molar-refractivity contribution in [1.82, 2.24) is 0 Å². The quantitative estimate of drug-likeness (QED) is 0.394. The van der Waals surface area contributed by atoms with Gasteiger partial charge in [0, 0.05) is 0 Å². The van der Waals surface area contributed by atoms with Crippen LogP contribution in [-0.4, -0.2) is 16.7 Å². The summed E-state index contributed by atoms with van der Waals surface area (Å²) in [5, 5.41) is 8.50. The zero-order chi connectivity index (χ0) is 7.72. The van der Waals surface area contributed by atoms with Gasteiger partial charge in [-0.25, -0.2) is 4.39 Å². The molecule has 1 aliphatic rings. The van der Waals surface area contributed by atoms with Gasteiger partial charge in [-0.3, -0.25) is 9.59 Å². The van der Waals surface area contributed by atoms with Gasteiger partial charge in [0.25, 0.3) is 5.78 Å². The minimum atomic E-state index is -1.19. The fraction of sp³-hybridized carbons (Fsp3) is 0. The van der Waals surface area contributed by atoms with Gasteiger partial charge in [-0.05, 0) is 12.2 Å². The van der Waals surface area contributed by atoms with Gasteiger partial charge < -0.3 is 5.11 Å². The Morgan fingerprint density at radius 2 is 1.90 bits per heavy atom. The van der Waals surface area contributed by atoms with E-state index in [0.29, 0.717) is 0 Å². The second kappa shape index (κ2) is 2.06. The Morgan fingerprint density at radius 1 is 1.30 bits per heavy atom. The topological polar surface area (TPSA) is 54.4 Å². The molecule has 0 saturated carbocycles. The average molecular weight is 142 g/mol. The molecule has 0 unspecified atom stereocenters. The van der Waals surface area contributed by atoms with Crippen LogP contribution in [0.25, 0.3) is 0 Å². The van der Waals surface area contributed by atoms with Gasteiger partial charge in [-0.1, -0.05) is 0 Å². The lowest BCUT2D eigenvalue weighted by Crippen LogP contribution is -2.17. The Kier molecular flexibility index (Phi) is 1.37. The standard InChI is InChI=1S/C6H3FO3/c7-3-1-2-4(8)6(10)5(3)9/h1-2,9H. The zero-order valence-electron chi connectivity index (χ0n) is 4.80. The summed E-state index contributed by atoms with van der Waals surface area (Å²) in [4.78, 5) is 20.7. The number of aliphatic hydroxyl groups is 1. The summed E-state index contributed by atoms with van der Waals surface area (Å²) in [6.07, 6.45) is 1.52. The van der Waals surface area contributed by atoms with Crippen molar-refractivity contribution in [3.63, 3.8) is 0 Å². The number of halogens is 1. The van der Waals surface area contributed by atoms with E-state index in [9.17, 15) is 14.0 Å². The number of aliphatic hydroxyl groups excluding tert-OH is 1. The predicted octanol–water partition coefficient (Wildman–Crippen LogP) is 0.433. The molecule has 0 saturated heterocycles. The summed E-state index contributed by atoms with van der Waals surface area (Å²) in [5.74, 6) is -4.27. The molecule has 3 nitrogen and oxygen atoms in total. The first-order valence-corrected chi connectivity index (χ1v) is 2.48. The van der Waals surface area contributed by atoms with Gasteiger partial charge in [0.05, 0.1) is 0 Å². The third-order valence-corrected chi connectivity index (χ3v) is 1.05. The van der Waals surface area contributed by atoms with Crippen molar-refractivity contribution in [3.8, 4) is 0 Å². The summed E-state index contributed by atoms with van der Waals surface area (Å²) in [6, 6.07) is 0. The van der Waals surface area contributed by atoms with Gasteiger partial charge in [0.1, 0.15) is 0 Å². The van der Waals surface area contributed by atoms with E-state index in [1.54, 1.807) is 0 Å². The lowest BCUT2D eigenvalue weighted by molar-refractivity contribution is -0.133. The highest BCUT2D eigenvalue weighted by Gasteiger charge is 2.22. The number of hydrogen-bond acceptors (Lipinski definition) is 3. The number of hydrogen-bond donors (Lipinski definition) is 1. The van der Waals surface area contributed by atoms with Gasteiger partial charge in [0.15, 0.2) is 5.83 Å². The third kappa shape index (κ3) is 0.834. The number of ketones is 2. The van der Waals surface area contributed by atoms with Gasteiger partial charge >= 0.3 is 0 Å². The van der Waals surface area contributed by atoms with Crippen LogP contribution in [0.5, 0.6) is 0 Å². The van der Waals surface area contributed by atoms with E-state index in [1.165, 1.54) is 0 Å². The molecule has 52 valence electrons. The maximum Gasteiger partial charge on any atom is 0.270 e. The van der Waals surface area contributed by atoms with Gasteiger partial charge in [-0.2, -0.15) is 0 Å². The third-order valence-electron chi connectivity index (χ3n) is 1.05. The van der Waals surface area contributed by atoms with Crippen LogP contribution in [0.2, 0.25) is 0 Å². The van der Waals surface area contributed by atoms with E-state index in [2.05, 4.69) is 0 Å². The Bertz CT molecular complexity index is 262. The van der Waals surface area contributed by atoms with Crippen molar-refractivity contribution in [2.75, 3.05) is 0 Å². The Morgan fingerprint density at radius 3 is 2.40 bits per heavy atom. The smallest absolute Gasteiger partial charge is 0.270 e. The Labute approximate surface area is 55.5 Å². The molecule has 0 radical (unpaired) electrons. The largest absolute Gasteiger partial charge is 0.502 e. The summed E-state index contributed by atoms with van der Waals surface area (Å²) in [7, 11) is 0. The van der Waals surface area contributed by atoms with E-state index >= 15 is 0 Å². The van der Waals surface area contributed by atoms with Crippen molar-refractivity contribution in [2.24, 2.45) is 0 Å². The van der Waals surface area contributed by atoms with Crippen molar-refractivity contribution >= 4 is 11.6 Å². The van der Waals surface area contributed by atoms with Crippen LogP contribution in [0.15, 0.2) is 23.7 Å². The van der Waals surface area contributed by atoms with Crippen molar-refractivity contribution in [1.29, 1.82) is 0 Å². The second-order valence-corrected chi connectivity index (χ2v) is 1.72. The number of carbonyl (C=O) groups excluding carboxylic acids is 2. The molecule has 0 amide bonds. The molecular weight excluding hydrogens is 139 g/mol. The van der Waals surface area contributed by atoms with Crippen LogP contribution in [0.3, 0.4) is 0 Å². The van der Waals surface area contributed by atoms with Crippen LogP contribution in [0.1, 0.15) is 0 Å². The minimum absolute atomic E-state index is 0.749. The van der Waals surface area contributed by atoms with Gasteiger partial charge in [0.2, 0.25) is 11.5 Å². The molecule has 0 heterocycles. The SMILES string of the molecule is O=C1C=CC(F)=C(O)C1=O. The first kappa shape index (κ1) is 6.67. The van der Waals surface area contributed by atoms with E-state index in [4.69, 9.17) is 5.11 Å². The average Bonchev–Trinajstić information content (AvgIpc) is 1.93. The zero-order valence-corrected chi connectivity index (χ0v) is 4.80. The highest BCUT2D eigenvalue weighted by atomic mass is 19.1. The summed E-state index contributed by atoms with van der Waals surface area (Å²) >= 11 is 0. The van der Waals surface area contributed by atoms with E-state index < -0.39 is 23.2 Å². The maximum absolute atomic E-state index is 12.2. The fourth-order valence-electron chi connectivity index (χ4n) is 0.529. The number of carbonyl (C=O) groups is 2. The van der Waals surface area contributed by atoms with Crippen LogP contribution >= 0.6 is 0 Å². The fourth-order valence-corrected chi connectivity index (χ4v) is 0.529. The number of allylic oxidation sites excluding steroid dienone is 4. The molecule has 0 aromatic rings. The number of Topliss-reactive ketones (excluding diaryl/α,β-unsaturated/α-hetero) is 1. The molecule has 10 heavy (non-hydrogen) atoms. The highest BCUT2D eigenvalue weighted by Crippen LogP contribution is 2.11. The summed E-state index contributed by atoms with van der Waals surface area (Å²) in [5.41, 5.74) is 0. The molecule has 4 heteroatoms. The van der Waals surface area contributed by atoms with Crippen molar-refractivity contribution < 1.29 is 19.1 Å². The monoisotopic (exact) mass is 142 g/mol. The van der Waals surface area contributed by atoms with Gasteiger partial charge in [-0.15, -0.1) is 0 Å². The summed E-state index contributed by atoms with van der Waals surface area (Å²) in [6.45, 7) is 0. The lowest BCUT2D eigenvalue weighted by Gasteiger charge is -1.99. The molecule has 0 bridgehead atoms. The molecule has 0 aliphatic heterocycles. The number of rotatable bonds is 0. The molecule has 1 rings (SSSR count). The van der Waals surface area contributed by atoms with E-state index in [-0.39, 0.29) is 0 Å². The molecule has 1 aliphatic carbocycles. The lowest BCUT2D eigenvalue weighted by atomic mass is 10.1. The molecule has 0 fully saturated rings. The molecule has 0 atom stereocenters. The van der Waals surface area contributed by atoms with Crippen molar-refractivity contribution in [2.45, 2.75) is 0 Å².